The van der Waals surface area contributed by atoms with E-state index < -0.39 is 10.0 Å². The van der Waals surface area contributed by atoms with E-state index in [-0.39, 0.29) is 17.2 Å². The van der Waals surface area contributed by atoms with E-state index in [9.17, 15) is 13.2 Å². The van der Waals surface area contributed by atoms with Crippen LogP contribution in [0.5, 0.6) is 0 Å². The van der Waals surface area contributed by atoms with Gasteiger partial charge < -0.3 is 5.32 Å². The van der Waals surface area contributed by atoms with Crippen LogP contribution in [0.4, 0.5) is 5.69 Å². The van der Waals surface area contributed by atoms with E-state index in [1.165, 1.54) is 0 Å². The van der Waals surface area contributed by atoms with Crippen LogP contribution in [0.1, 0.15) is 50.6 Å². The standard InChI is InChI=1S/C23H34N4O3S/c1-16(2)14-27-19(5)22(18(4)25-27)13-23(28)24-20-8-10-21(11-9-20)31(29,30)26-12-6-7-17(3)15-26/h8-11,16-17H,6-7,12-15H2,1-5H3,(H,24,28). The molecule has 170 valence electrons. The van der Waals surface area contributed by atoms with Crippen LogP contribution in [0.3, 0.4) is 0 Å². The Kier molecular flexibility index (Phi) is 7.21. The minimum Gasteiger partial charge on any atom is -0.326 e. The third kappa shape index (κ3) is 5.54. The van der Waals surface area contributed by atoms with Gasteiger partial charge in [0.25, 0.3) is 0 Å². The van der Waals surface area contributed by atoms with Gasteiger partial charge in [-0.05, 0) is 62.8 Å². The first-order chi connectivity index (χ1) is 14.6. The number of carbonyl (C=O) groups is 1. The number of sulfonamides is 1. The van der Waals surface area contributed by atoms with Crippen molar-refractivity contribution in [3.63, 3.8) is 0 Å². The monoisotopic (exact) mass is 446 g/mol. The number of carbonyl (C=O) groups excluding carboxylic acids is 1. The second kappa shape index (κ2) is 9.53. The molecule has 1 saturated heterocycles. The van der Waals surface area contributed by atoms with Gasteiger partial charge in [0.1, 0.15) is 0 Å². The highest BCUT2D eigenvalue weighted by Crippen LogP contribution is 2.24. The van der Waals surface area contributed by atoms with Gasteiger partial charge in [-0.3, -0.25) is 9.48 Å². The van der Waals surface area contributed by atoms with Gasteiger partial charge in [0.05, 0.1) is 17.0 Å². The third-order valence-electron chi connectivity index (χ3n) is 5.80. The summed E-state index contributed by atoms with van der Waals surface area (Å²) in [5.41, 5.74) is 3.40. The van der Waals surface area contributed by atoms with Crippen LogP contribution in [0.25, 0.3) is 0 Å². The molecule has 1 unspecified atom stereocenters. The van der Waals surface area contributed by atoms with E-state index in [0.717, 1.165) is 36.3 Å². The number of benzene rings is 1. The molecule has 1 aliphatic heterocycles. The summed E-state index contributed by atoms with van der Waals surface area (Å²) < 4.78 is 29.3. The minimum absolute atomic E-state index is 0.143. The zero-order chi connectivity index (χ0) is 22.8. The summed E-state index contributed by atoms with van der Waals surface area (Å²) in [5.74, 6) is 0.706. The highest BCUT2D eigenvalue weighted by atomic mass is 32.2. The lowest BCUT2D eigenvalue weighted by Gasteiger charge is -2.30. The van der Waals surface area contributed by atoms with E-state index >= 15 is 0 Å². The van der Waals surface area contributed by atoms with Crippen molar-refractivity contribution in [2.24, 2.45) is 11.8 Å². The topological polar surface area (TPSA) is 84.3 Å². The van der Waals surface area contributed by atoms with Crippen LogP contribution >= 0.6 is 0 Å². The van der Waals surface area contributed by atoms with Gasteiger partial charge in [-0.1, -0.05) is 20.8 Å². The molecular formula is C23H34N4O3S. The Morgan fingerprint density at radius 2 is 1.90 bits per heavy atom. The van der Waals surface area contributed by atoms with Crippen molar-refractivity contribution < 1.29 is 13.2 Å². The van der Waals surface area contributed by atoms with Gasteiger partial charge in [0.15, 0.2) is 0 Å². The van der Waals surface area contributed by atoms with Crippen LogP contribution in [0.15, 0.2) is 29.2 Å². The predicted molar refractivity (Wildman–Crippen MR) is 122 cm³/mol. The van der Waals surface area contributed by atoms with Gasteiger partial charge in [-0.15, -0.1) is 0 Å². The lowest BCUT2D eigenvalue weighted by molar-refractivity contribution is -0.115. The van der Waals surface area contributed by atoms with Crippen molar-refractivity contribution in [1.82, 2.24) is 14.1 Å². The highest BCUT2D eigenvalue weighted by molar-refractivity contribution is 7.89. The van der Waals surface area contributed by atoms with Gasteiger partial charge >= 0.3 is 0 Å². The molecule has 0 radical (unpaired) electrons. The number of hydrogen-bond acceptors (Lipinski definition) is 4. The van der Waals surface area contributed by atoms with E-state index in [1.54, 1.807) is 28.6 Å². The molecule has 1 fully saturated rings. The molecule has 31 heavy (non-hydrogen) atoms. The first-order valence-electron chi connectivity index (χ1n) is 11.0. The van der Waals surface area contributed by atoms with Gasteiger partial charge in [-0.2, -0.15) is 9.40 Å². The molecule has 8 heteroatoms. The molecule has 1 aliphatic rings. The smallest absolute Gasteiger partial charge is 0.243 e. The molecule has 1 N–H and O–H groups in total. The van der Waals surface area contributed by atoms with Gasteiger partial charge in [0.2, 0.25) is 15.9 Å². The number of hydrogen-bond donors (Lipinski definition) is 1. The fourth-order valence-electron chi connectivity index (χ4n) is 4.10. The Bertz CT molecular complexity index is 1030. The Labute approximate surface area is 185 Å². The molecule has 2 heterocycles. The molecule has 7 nitrogen and oxygen atoms in total. The lowest BCUT2D eigenvalue weighted by Crippen LogP contribution is -2.39. The first-order valence-corrected chi connectivity index (χ1v) is 12.4. The number of aryl methyl sites for hydroxylation is 1. The molecule has 1 aromatic heterocycles. The largest absolute Gasteiger partial charge is 0.326 e. The zero-order valence-corrected chi connectivity index (χ0v) is 20.0. The minimum atomic E-state index is -3.50. The van der Waals surface area contributed by atoms with E-state index in [1.807, 2.05) is 18.5 Å². The summed E-state index contributed by atoms with van der Waals surface area (Å²) in [7, 11) is -3.50. The summed E-state index contributed by atoms with van der Waals surface area (Å²) in [6.07, 6.45) is 2.19. The fourth-order valence-corrected chi connectivity index (χ4v) is 5.70. The molecule has 2 aromatic rings. The van der Waals surface area contributed by atoms with Crippen molar-refractivity contribution in [1.29, 1.82) is 0 Å². The number of nitrogens with zero attached hydrogens (tertiary/aromatic N) is 3. The van der Waals surface area contributed by atoms with E-state index in [0.29, 0.717) is 30.6 Å². The molecule has 3 rings (SSSR count). The fraction of sp³-hybridized carbons (Fsp3) is 0.565. The normalized spacial score (nSPS) is 17.8. The maximum Gasteiger partial charge on any atom is 0.243 e. The Hall–Kier alpha value is -2.19. The lowest BCUT2D eigenvalue weighted by atomic mass is 10.0. The third-order valence-corrected chi connectivity index (χ3v) is 7.68. The summed E-state index contributed by atoms with van der Waals surface area (Å²) >= 11 is 0. The molecule has 0 bridgehead atoms. The second-order valence-electron chi connectivity index (χ2n) is 9.09. The van der Waals surface area contributed by atoms with Crippen LogP contribution in [0, 0.1) is 25.7 Å². The van der Waals surface area contributed by atoms with Crippen LogP contribution in [-0.4, -0.2) is 41.5 Å². The van der Waals surface area contributed by atoms with Crippen molar-refractivity contribution in [2.45, 2.75) is 65.3 Å². The number of anilines is 1. The van der Waals surface area contributed by atoms with Crippen LogP contribution in [-0.2, 0) is 27.8 Å². The second-order valence-corrected chi connectivity index (χ2v) is 11.0. The van der Waals surface area contributed by atoms with Crippen molar-refractivity contribution >= 4 is 21.6 Å². The highest BCUT2D eigenvalue weighted by Gasteiger charge is 2.28. The molecule has 0 saturated carbocycles. The number of piperidine rings is 1. The maximum atomic E-state index is 12.9. The van der Waals surface area contributed by atoms with Crippen molar-refractivity contribution in [3.05, 3.63) is 41.2 Å². The SMILES string of the molecule is Cc1nn(CC(C)C)c(C)c1CC(=O)Nc1ccc(S(=O)(=O)N2CCCC(C)C2)cc1. The zero-order valence-electron chi connectivity index (χ0n) is 19.2. The van der Waals surface area contributed by atoms with Crippen molar-refractivity contribution in [2.75, 3.05) is 18.4 Å². The number of amides is 1. The average molecular weight is 447 g/mol. The van der Waals surface area contributed by atoms with Gasteiger partial charge in [-0.25, -0.2) is 8.42 Å². The van der Waals surface area contributed by atoms with Crippen LogP contribution in [0.2, 0.25) is 0 Å². The molecule has 1 atom stereocenters. The molecular weight excluding hydrogens is 412 g/mol. The molecule has 0 spiro atoms. The molecule has 1 aromatic carbocycles. The Morgan fingerprint density at radius 3 is 2.52 bits per heavy atom. The molecule has 0 aliphatic carbocycles. The van der Waals surface area contributed by atoms with Crippen molar-refractivity contribution in [3.8, 4) is 0 Å². The summed E-state index contributed by atoms with van der Waals surface area (Å²) in [5, 5.41) is 7.44. The number of rotatable bonds is 7. The number of nitrogens with one attached hydrogen (secondary N) is 1. The first kappa shape index (κ1) is 23.5. The Balaban J connectivity index is 1.66. The van der Waals surface area contributed by atoms with Crippen LogP contribution < -0.4 is 5.32 Å². The number of aromatic nitrogens is 2. The van der Waals surface area contributed by atoms with Gasteiger partial charge in [0, 0.05) is 36.6 Å². The Morgan fingerprint density at radius 1 is 1.23 bits per heavy atom. The van der Waals surface area contributed by atoms with E-state index in [2.05, 4.69) is 31.2 Å². The van der Waals surface area contributed by atoms with E-state index in [4.69, 9.17) is 0 Å². The summed E-state index contributed by atoms with van der Waals surface area (Å²) in [4.78, 5) is 12.9. The average Bonchev–Trinajstić information content (AvgIpc) is 2.95. The molecule has 1 amide bonds. The predicted octanol–water partition coefficient (Wildman–Crippen LogP) is 3.76. The summed E-state index contributed by atoms with van der Waals surface area (Å²) in [6, 6.07) is 6.45. The summed E-state index contributed by atoms with van der Waals surface area (Å²) in [6.45, 7) is 12.2. The maximum absolute atomic E-state index is 12.9. The quantitative estimate of drug-likeness (QED) is 0.702.